The number of benzene rings is 2. The zero-order chi connectivity index (χ0) is 24.9. The maximum absolute atomic E-state index is 6.02. The van der Waals surface area contributed by atoms with E-state index in [2.05, 4.69) is 40.3 Å². The van der Waals surface area contributed by atoms with E-state index in [0.717, 1.165) is 39.6 Å². The first-order valence-electron chi connectivity index (χ1n) is 12.1. The molecule has 0 saturated heterocycles. The van der Waals surface area contributed by atoms with Crippen molar-refractivity contribution in [2.24, 2.45) is 9.98 Å². The van der Waals surface area contributed by atoms with Crippen LogP contribution in [0.15, 0.2) is 106 Å². The van der Waals surface area contributed by atoms with Gasteiger partial charge in [-0.15, -0.1) is 0 Å². The van der Waals surface area contributed by atoms with E-state index < -0.39 is 0 Å². The van der Waals surface area contributed by atoms with E-state index in [9.17, 15) is 0 Å². The summed E-state index contributed by atoms with van der Waals surface area (Å²) in [7, 11) is 0. The molecule has 0 aliphatic carbocycles. The van der Waals surface area contributed by atoms with Crippen molar-refractivity contribution in [1.82, 2.24) is 14.8 Å². The zero-order valence-corrected chi connectivity index (χ0v) is 20.3. The molecule has 5 aromatic rings. The van der Waals surface area contributed by atoms with Gasteiger partial charge in [0.1, 0.15) is 11.8 Å². The molecule has 2 aromatic carbocycles. The van der Waals surface area contributed by atoms with Gasteiger partial charge in [-0.05, 0) is 67.9 Å². The van der Waals surface area contributed by atoms with E-state index >= 15 is 0 Å². The lowest BCUT2D eigenvalue weighted by atomic mass is 9.98. The molecule has 8 nitrogen and oxygen atoms in total. The van der Waals surface area contributed by atoms with Gasteiger partial charge in [-0.2, -0.15) is 9.78 Å². The number of para-hydroxylation sites is 2. The highest BCUT2D eigenvalue weighted by atomic mass is 16.3. The Morgan fingerprint density at radius 2 is 1.78 bits per heavy atom. The average molecular weight is 486 g/mol. The molecular weight excluding hydrogens is 462 g/mol. The number of aryl methyl sites for hydroxylation is 2. The molecule has 0 saturated carbocycles. The van der Waals surface area contributed by atoms with Gasteiger partial charge >= 0.3 is 0 Å². The van der Waals surface area contributed by atoms with Gasteiger partial charge in [0.2, 0.25) is 0 Å². The number of rotatable bonds is 3. The van der Waals surface area contributed by atoms with Crippen LogP contribution >= 0.6 is 0 Å². The van der Waals surface area contributed by atoms with Crippen molar-refractivity contribution in [2.45, 2.75) is 19.9 Å². The number of anilines is 2. The lowest BCUT2D eigenvalue weighted by Gasteiger charge is -2.39. The van der Waals surface area contributed by atoms with E-state index in [1.165, 1.54) is 0 Å². The molecular formula is C29H23N7O. The maximum atomic E-state index is 6.02. The largest absolute Gasteiger partial charge is 0.467 e. The Balaban J connectivity index is 1.49. The van der Waals surface area contributed by atoms with Crippen LogP contribution in [0.2, 0.25) is 0 Å². The smallest absolute Gasteiger partial charge is 0.179 e. The normalized spacial score (nSPS) is 15.8. The molecule has 0 fully saturated rings. The Hall–Kier alpha value is -4.98. The second-order valence-corrected chi connectivity index (χ2v) is 9.09. The standard InChI is InChI=1S/C29H23N7O/c1-18-9-7-10-20(17-18)31-27-29-33-28-25(19(2)34-36(28)24-14-5-6-15-30-24)26(23-13-8-16-37-23)35(29)22-12-4-3-11-21(22)32-27/h3-17,26H,1-2H3,(H,31,32). The Morgan fingerprint density at radius 3 is 2.59 bits per heavy atom. The first-order valence-corrected chi connectivity index (χ1v) is 12.1. The highest BCUT2D eigenvalue weighted by Gasteiger charge is 2.42. The molecule has 7 rings (SSSR count). The summed E-state index contributed by atoms with van der Waals surface area (Å²) in [5.74, 6) is 3.54. The summed E-state index contributed by atoms with van der Waals surface area (Å²) < 4.78 is 7.82. The summed E-state index contributed by atoms with van der Waals surface area (Å²) in [5.41, 5.74) is 5.73. The number of nitrogens with zero attached hydrogens (tertiary/aromatic N) is 6. The Labute approximate surface area is 213 Å². The summed E-state index contributed by atoms with van der Waals surface area (Å²) in [6.45, 7) is 4.07. The predicted molar refractivity (Wildman–Crippen MR) is 145 cm³/mol. The van der Waals surface area contributed by atoms with Crippen molar-refractivity contribution >= 4 is 34.6 Å². The van der Waals surface area contributed by atoms with E-state index in [1.54, 1.807) is 17.1 Å². The minimum absolute atomic E-state index is 0.291. The summed E-state index contributed by atoms with van der Waals surface area (Å²) in [6, 6.07) is 25.7. The van der Waals surface area contributed by atoms with Crippen LogP contribution in [0, 0.1) is 13.8 Å². The van der Waals surface area contributed by atoms with Crippen molar-refractivity contribution in [1.29, 1.82) is 0 Å². The van der Waals surface area contributed by atoms with Gasteiger partial charge in [-0.25, -0.2) is 15.0 Å². The van der Waals surface area contributed by atoms with Crippen LogP contribution in [0.25, 0.3) is 5.82 Å². The molecule has 1 N–H and O–H groups in total. The number of fused-ring (bicyclic) bond motifs is 4. The van der Waals surface area contributed by atoms with Crippen molar-refractivity contribution < 1.29 is 4.42 Å². The van der Waals surface area contributed by atoms with Gasteiger partial charge in [-0.3, -0.25) is 0 Å². The van der Waals surface area contributed by atoms with Crippen LogP contribution < -0.4 is 10.2 Å². The number of pyridine rings is 1. The van der Waals surface area contributed by atoms with E-state index in [-0.39, 0.29) is 6.04 Å². The third-order valence-electron chi connectivity index (χ3n) is 6.60. The van der Waals surface area contributed by atoms with Crippen LogP contribution in [0.1, 0.15) is 28.6 Å². The highest BCUT2D eigenvalue weighted by Crippen LogP contribution is 2.48. The average Bonchev–Trinajstić information content (AvgIpc) is 3.57. The zero-order valence-electron chi connectivity index (χ0n) is 20.3. The molecule has 0 radical (unpaired) electrons. The molecule has 0 spiro atoms. The molecule has 180 valence electrons. The van der Waals surface area contributed by atoms with Crippen molar-refractivity contribution in [3.63, 3.8) is 0 Å². The van der Waals surface area contributed by atoms with Crippen LogP contribution in [0.3, 0.4) is 0 Å². The van der Waals surface area contributed by atoms with Crippen molar-refractivity contribution in [2.75, 3.05) is 10.2 Å². The van der Waals surface area contributed by atoms with Crippen LogP contribution in [0.5, 0.6) is 0 Å². The SMILES string of the molecule is Cc1cccc(NC2=Nc3ccccc3N3C2=Nc2c(c(C)nn2-c2ccccn2)C3c2ccco2)c1. The second kappa shape index (κ2) is 8.30. The molecule has 8 heteroatoms. The van der Waals surface area contributed by atoms with Gasteiger partial charge in [-0.1, -0.05) is 30.3 Å². The van der Waals surface area contributed by atoms with Gasteiger partial charge in [0.25, 0.3) is 0 Å². The molecule has 1 unspecified atom stereocenters. The number of furan rings is 1. The van der Waals surface area contributed by atoms with Gasteiger partial charge in [0.15, 0.2) is 23.3 Å². The highest BCUT2D eigenvalue weighted by molar-refractivity contribution is 6.51. The molecule has 0 bridgehead atoms. The molecule has 37 heavy (non-hydrogen) atoms. The fourth-order valence-electron chi connectivity index (χ4n) is 5.01. The van der Waals surface area contributed by atoms with Crippen LogP contribution in [-0.2, 0) is 0 Å². The molecule has 2 aliphatic rings. The summed E-state index contributed by atoms with van der Waals surface area (Å²) in [4.78, 5) is 16.9. The van der Waals surface area contributed by atoms with Gasteiger partial charge in [0.05, 0.1) is 28.9 Å². The Bertz CT molecular complexity index is 1680. The molecule has 3 aromatic heterocycles. The van der Waals surface area contributed by atoms with Gasteiger partial charge < -0.3 is 14.6 Å². The third-order valence-corrected chi connectivity index (χ3v) is 6.60. The molecule has 1 atom stereocenters. The number of nitrogens with one attached hydrogen (secondary N) is 1. The van der Waals surface area contributed by atoms with E-state index in [4.69, 9.17) is 19.5 Å². The Morgan fingerprint density at radius 1 is 0.892 bits per heavy atom. The maximum Gasteiger partial charge on any atom is 0.179 e. The fourth-order valence-corrected chi connectivity index (χ4v) is 5.01. The number of aromatic nitrogens is 3. The summed E-state index contributed by atoms with van der Waals surface area (Å²) in [5, 5.41) is 8.40. The number of hydrogen-bond acceptors (Lipinski definition) is 7. The third kappa shape index (κ3) is 3.45. The van der Waals surface area contributed by atoms with Crippen molar-refractivity contribution in [3.8, 4) is 5.82 Å². The molecule has 0 amide bonds. The fraction of sp³-hybridized carbons (Fsp3) is 0.103. The topological polar surface area (TPSA) is 83.8 Å². The quantitative estimate of drug-likeness (QED) is 0.325. The molecule has 2 aliphatic heterocycles. The predicted octanol–water partition coefficient (Wildman–Crippen LogP) is 6.27. The summed E-state index contributed by atoms with van der Waals surface area (Å²) in [6.07, 6.45) is 3.46. The lowest BCUT2D eigenvalue weighted by molar-refractivity contribution is 0.487. The van der Waals surface area contributed by atoms with Crippen LogP contribution in [-0.4, -0.2) is 26.4 Å². The van der Waals surface area contributed by atoms with Crippen molar-refractivity contribution in [3.05, 3.63) is 114 Å². The van der Waals surface area contributed by atoms with Crippen LogP contribution in [0.4, 0.5) is 22.9 Å². The lowest BCUT2D eigenvalue weighted by Crippen LogP contribution is -2.46. The number of amidine groups is 2. The minimum atomic E-state index is -0.291. The monoisotopic (exact) mass is 485 g/mol. The summed E-state index contributed by atoms with van der Waals surface area (Å²) >= 11 is 0. The van der Waals surface area contributed by atoms with Gasteiger partial charge in [0, 0.05) is 11.9 Å². The first-order chi connectivity index (χ1) is 18.2. The minimum Gasteiger partial charge on any atom is -0.467 e. The number of hydrogen-bond donors (Lipinski definition) is 1. The Kier molecular flexibility index (Phi) is 4.78. The molecule has 5 heterocycles. The first kappa shape index (κ1) is 21.3. The second-order valence-electron chi connectivity index (χ2n) is 9.09. The van der Waals surface area contributed by atoms with E-state index in [0.29, 0.717) is 23.3 Å². The number of aliphatic imine (C=N–C) groups is 2. The van der Waals surface area contributed by atoms with E-state index in [1.807, 2.05) is 67.6 Å².